The zero-order valence-electron chi connectivity index (χ0n) is 41.9. The van der Waals surface area contributed by atoms with Crippen molar-refractivity contribution in [3.8, 4) is 5.75 Å². The molecular formula is C46H78N16O12. The number of nitrogens with one attached hydrogen (secondary N) is 9. The molecule has 3 unspecified atom stereocenters. The minimum atomic E-state index is -1.57. The maximum absolute atomic E-state index is 14.2. The third kappa shape index (κ3) is 22.4. The second-order valence-electron chi connectivity index (χ2n) is 17.7. The Hall–Kier alpha value is -6.98. The number of carboxylic acids is 1. The summed E-state index contributed by atoms with van der Waals surface area (Å²) in [5.74, 6) is -8.32. The Morgan fingerprint density at radius 3 is 2.00 bits per heavy atom. The molecular weight excluding hydrogens is 969 g/mol. The normalized spacial score (nSPS) is 16.2. The van der Waals surface area contributed by atoms with E-state index in [1.807, 2.05) is 0 Å². The van der Waals surface area contributed by atoms with Gasteiger partial charge in [0, 0.05) is 26.1 Å². The molecule has 8 atom stereocenters. The molecule has 1 saturated heterocycles. The van der Waals surface area contributed by atoms with Gasteiger partial charge in [-0.1, -0.05) is 24.6 Å². The molecule has 2 rings (SSSR count). The number of guanidine groups is 1. The van der Waals surface area contributed by atoms with Gasteiger partial charge in [-0.15, -0.1) is 0 Å². The van der Waals surface area contributed by atoms with Crippen molar-refractivity contribution in [3.63, 3.8) is 0 Å². The molecule has 1 heterocycles. The Morgan fingerprint density at radius 1 is 0.757 bits per heavy atom. The van der Waals surface area contributed by atoms with E-state index in [2.05, 4.69) is 42.5 Å². The van der Waals surface area contributed by atoms with Crippen molar-refractivity contribution in [1.82, 2.24) is 47.4 Å². The average molecular weight is 1050 g/mol. The number of unbranched alkanes of at least 4 members (excludes halogenated alkanes) is 2. The van der Waals surface area contributed by atoms with Crippen LogP contribution in [0.2, 0.25) is 0 Å². The first-order chi connectivity index (χ1) is 35.2. The number of hydrogen-bond acceptors (Lipinski definition) is 17. The van der Waals surface area contributed by atoms with E-state index in [9.17, 15) is 58.5 Å². The van der Waals surface area contributed by atoms with Crippen molar-refractivity contribution in [2.75, 3.05) is 45.8 Å². The first-order valence-electron chi connectivity index (χ1n) is 24.6. The number of aliphatic hydroxyl groups excluding tert-OH is 1. The van der Waals surface area contributed by atoms with Crippen LogP contribution in [0.15, 0.2) is 36.0 Å². The van der Waals surface area contributed by atoms with Crippen molar-refractivity contribution in [1.29, 1.82) is 5.41 Å². The number of carbonyl (C=O) groups excluding carboxylic acids is 8. The number of benzene rings is 1. The molecule has 0 aliphatic carbocycles. The molecule has 414 valence electrons. The smallest absolute Gasteiger partial charge is 0.352 e. The Bertz CT molecular complexity index is 2080. The number of likely N-dealkylation sites (tertiary alicyclic amines) is 1. The van der Waals surface area contributed by atoms with Gasteiger partial charge in [-0.2, -0.15) is 0 Å². The summed E-state index contributed by atoms with van der Waals surface area (Å²) in [6, 6.07) is -3.14. The zero-order valence-corrected chi connectivity index (χ0v) is 41.9. The Kier molecular flexibility index (Phi) is 28.7. The van der Waals surface area contributed by atoms with Crippen LogP contribution in [0.4, 0.5) is 0 Å². The van der Waals surface area contributed by atoms with E-state index in [0.29, 0.717) is 44.2 Å². The summed E-state index contributed by atoms with van der Waals surface area (Å²) >= 11 is 0. The molecule has 28 nitrogen and oxygen atoms in total. The van der Waals surface area contributed by atoms with Gasteiger partial charge < -0.3 is 97.2 Å². The summed E-state index contributed by atoms with van der Waals surface area (Å²) in [6.07, 6.45) is 2.66. The molecule has 0 spiro atoms. The lowest BCUT2D eigenvalue weighted by molar-refractivity contribution is -0.142. The highest BCUT2D eigenvalue weighted by molar-refractivity contribution is 5.99. The highest BCUT2D eigenvalue weighted by Gasteiger charge is 2.39. The van der Waals surface area contributed by atoms with Gasteiger partial charge in [-0.3, -0.25) is 43.8 Å². The van der Waals surface area contributed by atoms with Crippen LogP contribution in [0.3, 0.4) is 0 Å². The highest BCUT2D eigenvalue weighted by Crippen LogP contribution is 2.21. The summed E-state index contributed by atoms with van der Waals surface area (Å²) in [4.78, 5) is 122. The number of aliphatic hydroxyl groups is 1. The van der Waals surface area contributed by atoms with Crippen LogP contribution in [0, 0.1) is 5.41 Å². The van der Waals surface area contributed by atoms with E-state index in [-0.39, 0.29) is 82.8 Å². The fourth-order valence-corrected chi connectivity index (χ4v) is 7.60. The van der Waals surface area contributed by atoms with Crippen LogP contribution in [0.5, 0.6) is 5.75 Å². The standard InChI is InChI=1S/C46H78N16O12/c1-26(56-43(71)37(35(64)24-50)61-39(67)29(51)9-2-4-18-47)38(66)55-25-36(65)57-31(11-6-20-49)44(72)62-22-8-13-34(62)42(70)60-33(23-27-14-16-28(63)17-15-27)41(69)58-30(10-3-5-19-48)40(68)59-32(45(73)74)12-7-21-54-46(52)53/h12,14-17,26,29-31,33-35,37,63-64H,2-11,13,18-25,47-51H2,1H3,(H,55,66)(H,56,71)(H,57,65)(H,58,69)(H,59,68)(H,60,70)(H,61,67)(H,73,74)(H4,52,53,54)/b32-12-/t26?,29?,30-,31+,33?,34-,35-,37-/m0/s1. The lowest BCUT2D eigenvalue weighted by Gasteiger charge is -2.30. The molecule has 0 saturated carbocycles. The number of hydrogen-bond donors (Lipinski definition) is 18. The second kappa shape index (κ2) is 33.7. The van der Waals surface area contributed by atoms with Crippen molar-refractivity contribution in [2.24, 2.45) is 34.4 Å². The number of aromatic hydroxyl groups is 1. The molecule has 1 fully saturated rings. The maximum Gasteiger partial charge on any atom is 0.352 e. The summed E-state index contributed by atoms with van der Waals surface area (Å²) in [7, 11) is 0. The number of nitrogens with zero attached hydrogens (tertiary/aromatic N) is 1. The van der Waals surface area contributed by atoms with Gasteiger partial charge in [0.25, 0.3) is 0 Å². The first kappa shape index (κ1) is 63.1. The van der Waals surface area contributed by atoms with Crippen LogP contribution in [0.25, 0.3) is 0 Å². The molecule has 1 aromatic carbocycles. The van der Waals surface area contributed by atoms with Crippen LogP contribution in [-0.2, 0) is 49.6 Å². The summed E-state index contributed by atoms with van der Waals surface area (Å²) < 4.78 is 0. The first-order valence-corrected chi connectivity index (χ1v) is 24.6. The van der Waals surface area contributed by atoms with E-state index in [1.54, 1.807) is 0 Å². The van der Waals surface area contributed by atoms with E-state index >= 15 is 0 Å². The third-order valence-corrected chi connectivity index (χ3v) is 11.7. The Balaban J connectivity index is 2.25. The molecule has 1 aromatic rings. The van der Waals surface area contributed by atoms with E-state index in [1.165, 1.54) is 42.2 Å². The van der Waals surface area contributed by atoms with E-state index in [4.69, 9.17) is 39.8 Å². The fourth-order valence-electron chi connectivity index (χ4n) is 7.60. The van der Waals surface area contributed by atoms with Crippen molar-refractivity contribution >= 4 is 59.2 Å². The topological polar surface area (TPSA) is 494 Å². The Morgan fingerprint density at radius 2 is 1.39 bits per heavy atom. The molecule has 0 bridgehead atoms. The lowest BCUT2D eigenvalue weighted by Crippen LogP contribution is -2.60. The number of phenols is 1. The predicted molar refractivity (Wildman–Crippen MR) is 270 cm³/mol. The summed E-state index contributed by atoms with van der Waals surface area (Å²) in [5.41, 5.74) is 33.7. The fraction of sp³-hybridized carbons (Fsp3) is 0.609. The average Bonchev–Trinajstić information content (AvgIpc) is 3.87. The number of aliphatic carboxylic acids is 1. The number of amides is 8. The number of carboxylic acid groups (broad SMARTS) is 1. The van der Waals surface area contributed by atoms with Crippen LogP contribution in [0.1, 0.15) is 83.1 Å². The van der Waals surface area contributed by atoms with E-state index < -0.39 is 120 Å². The van der Waals surface area contributed by atoms with Gasteiger partial charge in [0.15, 0.2) is 5.96 Å². The zero-order chi connectivity index (χ0) is 55.3. The molecule has 8 amide bonds. The molecule has 74 heavy (non-hydrogen) atoms. The minimum absolute atomic E-state index is 0.0296. The van der Waals surface area contributed by atoms with Gasteiger partial charge in [0.1, 0.15) is 47.7 Å². The van der Waals surface area contributed by atoms with E-state index in [0.717, 1.165) is 0 Å². The van der Waals surface area contributed by atoms with Gasteiger partial charge in [0.05, 0.1) is 18.7 Å². The predicted octanol–water partition coefficient (Wildman–Crippen LogP) is -5.91. The molecule has 0 radical (unpaired) electrons. The van der Waals surface area contributed by atoms with Gasteiger partial charge in [-0.25, -0.2) is 4.79 Å². The van der Waals surface area contributed by atoms with Crippen molar-refractivity contribution in [2.45, 2.75) is 132 Å². The summed E-state index contributed by atoms with van der Waals surface area (Å²) in [5, 5.41) is 57.2. The largest absolute Gasteiger partial charge is 0.508 e. The van der Waals surface area contributed by atoms with Gasteiger partial charge in [-0.05, 0) is 108 Å². The molecule has 0 aromatic heterocycles. The van der Waals surface area contributed by atoms with Crippen LogP contribution >= 0.6 is 0 Å². The number of phenolic OH excluding ortho intramolecular Hbond substituents is 1. The Labute approximate surface area is 429 Å². The molecule has 28 heteroatoms. The number of rotatable bonds is 34. The quantitative estimate of drug-likeness (QED) is 0.0132. The lowest BCUT2D eigenvalue weighted by atomic mass is 10.0. The molecule has 1 aliphatic rings. The van der Waals surface area contributed by atoms with Crippen molar-refractivity contribution < 1.29 is 58.5 Å². The van der Waals surface area contributed by atoms with Crippen LogP contribution in [-0.4, -0.2) is 174 Å². The maximum atomic E-state index is 14.2. The van der Waals surface area contributed by atoms with Gasteiger partial charge >= 0.3 is 5.97 Å². The highest BCUT2D eigenvalue weighted by atomic mass is 16.4. The molecule has 1 aliphatic heterocycles. The number of carbonyl (C=O) groups is 9. The van der Waals surface area contributed by atoms with Gasteiger partial charge in [0.2, 0.25) is 47.3 Å². The SMILES string of the molecule is CC(NC(=O)[C@@H](NC(=O)C(N)CCCCN)[C@@H](O)CN)C(=O)NCC(=O)N[C@H](CCCN)C(=O)N1CCC[C@H]1C(=O)NC(Cc1ccc(O)cc1)C(=O)N[C@@H](CCCCN)C(=O)N/C(=C\CCNC(=N)N)C(=O)O. The van der Waals surface area contributed by atoms with Crippen LogP contribution < -0.4 is 76.9 Å². The third-order valence-electron chi connectivity index (χ3n) is 11.7. The minimum Gasteiger partial charge on any atom is -0.508 e. The van der Waals surface area contributed by atoms with Crippen molar-refractivity contribution in [3.05, 3.63) is 41.6 Å². The molecule has 24 N–H and O–H groups in total. The summed E-state index contributed by atoms with van der Waals surface area (Å²) in [6.45, 7) is 1.17. The monoisotopic (exact) mass is 1050 g/mol. The number of nitrogens with two attached hydrogens (primary N) is 6. The second-order valence-corrected chi connectivity index (χ2v) is 17.7.